The molecular formula is C4H4ClN3O. The van der Waals surface area contributed by atoms with Crippen LogP contribution in [0.3, 0.4) is 0 Å². The minimum absolute atomic E-state index is 0. The van der Waals surface area contributed by atoms with Gasteiger partial charge >= 0.3 is 0 Å². The van der Waals surface area contributed by atoms with Crippen molar-refractivity contribution in [2.45, 2.75) is 0 Å². The minimum Gasteiger partial charge on any atom is -0.294 e. The van der Waals surface area contributed by atoms with E-state index in [9.17, 15) is 4.79 Å². The molecule has 1 rings (SSSR count). The molecule has 0 radical (unpaired) electrons. The average molecular weight is 146 g/mol. The van der Waals surface area contributed by atoms with E-state index in [1.165, 1.54) is 12.7 Å². The molecule has 0 bridgehead atoms. The average Bonchev–Trinajstić information content (AvgIpc) is 1.90. The molecule has 0 saturated carbocycles. The van der Waals surface area contributed by atoms with E-state index in [-0.39, 0.29) is 18.2 Å². The largest absolute Gasteiger partial charge is 0.294 e. The summed E-state index contributed by atoms with van der Waals surface area (Å²) >= 11 is 0. The Labute approximate surface area is 57.8 Å². The first-order valence-electron chi connectivity index (χ1n) is 2.00. The second-order valence-electron chi connectivity index (χ2n) is 1.11. The lowest BCUT2D eigenvalue weighted by molar-refractivity contribution is 0.111. The molecule has 0 fully saturated rings. The zero-order chi connectivity index (χ0) is 5.82. The second kappa shape index (κ2) is 3.91. The Kier molecular flexibility index (Phi) is 3.46. The van der Waals surface area contributed by atoms with Crippen LogP contribution in [-0.2, 0) is 0 Å². The van der Waals surface area contributed by atoms with Crippen molar-refractivity contribution in [2.24, 2.45) is 0 Å². The van der Waals surface area contributed by atoms with Gasteiger partial charge in [0.2, 0.25) is 0 Å². The van der Waals surface area contributed by atoms with Crippen molar-refractivity contribution in [3.63, 3.8) is 0 Å². The lowest BCUT2D eigenvalue weighted by Crippen LogP contribution is -1.90. The van der Waals surface area contributed by atoms with Gasteiger partial charge in [-0.2, -0.15) is 0 Å². The maximum Gasteiger partial charge on any atom is 0.195 e. The van der Waals surface area contributed by atoms with Crippen molar-refractivity contribution in [3.8, 4) is 0 Å². The first kappa shape index (κ1) is 7.97. The normalized spacial score (nSPS) is 7.56. The van der Waals surface area contributed by atoms with Crippen LogP contribution in [0.4, 0.5) is 0 Å². The lowest BCUT2D eigenvalue weighted by atomic mass is 10.7. The van der Waals surface area contributed by atoms with Crippen LogP contribution in [0, 0.1) is 0 Å². The highest BCUT2D eigenvalue weighted by molar-refractivity contribution is 5.85. The number of aldehydes is 1. The Balaban J connectivity index is 0.000000640. The van der Waals surface area contributed by atoms with E-state index >= 15 is 0 Å². The van der Waals surface area contributed by atoms with Crippen molar-refractivity contribution >= 4 is 18.7 Å². The summed E-state index contributed by atoms with van der Waals surface area (Å²) in [4.78, 5) is 20.4. The van der Waals surface area contributed by atoms with Crippen molar-refractivity contribution in [1.82, 2.24) is 15.0 Å². The van der Waals surface area contributed by atoms with Crippen molar-refractivity contribution in [3.05, 3.63) is 18.5 Å². The predicted molar refractivity (Wildman–Crippen MR) is 32.5 cm³/mol. The van der Waals surface area contributed by atoms with Crippen LogP contribution in [0.15, 0.2) is 12.7 Å². The zero-order valence-corrected chi connectivity index (χ0v) is 5.21. The third-order valence-electron chi connectivity index (χ3n) is 0.619. The fourth-order valence-electron chi connectivity index (χ4n) is 0.309. The first-order chi connectivity index (χ1) is 3.93. The molecule has 0 saturated heterocycles. The van der Waals surface area contributed by atoms with Gasteiger partial charge in [0, 0.05) is 0 Å². The van der Waals surface area contributed by atoms with E-state index in [0.717, 1.165) is 0 Å². The molecule has 0 N–H and O–H groups in total. The number of carbonyl (C=O) groups excluding carboxylic acids is 1. The maximum atomic E-state index is 9.85. The Morgan fingerprint density at radius 1 is 1.33 bits per heavy atom. The molecule has 48 valence electrons. The molecule has 0 aliphatic rings. The molecule has 0 amide bonds. The van der Waals surface area contributed by atoms with Gasteiger partial charge in [-0.1, -0.05) is 0 Å². The SMILES string of the molecule is Cl.O=Cc1ncncn1. The third kappa shape index (κ3) is 2.14. The number of aromatic nitrogens is 3. The molecule has 5 heteroatoms. The zero-order valence-electron chi connectivity index (χ0n) is 4.39. The summed E-state index contributed by atoms with van der Waals surface area (Å²) in [5, 5.41) is 0. The number of hydrogen-bond donors (Lipinski definition) is 0. The summed E-state index contributed by atoms with van der Waals surface area (Å²) in [6.07, 6.45) is 3.12. The van der Waals surface area contributed by atoms with E-state index in [0.29, 0.717) is 6.29 Å². The number of carbonyl (C=O) groups is 1. The Hall–Kier alpha value is -1.03. The Morgan fingerprint density at radius 2 is 1.89 bits per heavy atom. The highest BCUT2D eigenvalue weighted by Crippen LogP contribution is 1.73. The van der Waals surface area contributed by atoms with E-state index in [1.807, 2.05) is 0 Å². The molecule has 9 heavy (non-hydrogen) atoms. The minimum atomic E-state index is 0. The van der Waals surface area contributed by atoms with Crippen molar-refractivity contribution < 1.29 is 4.79 Å². The molecule has 0 unspecified atom stereocenters. The Morgan fingerprint density at radius 3 is 2.22 bits per heavy atom. The molecule has 0 aromatic carbocycles. The van der Waals surface area contributed by atoms with Crippen LogP contribution in [0.2, 0.25) is 0 Å². The van der Waals surface area contributed by atoms with Crippen LogP contribution in [0.5, 0.6) is 0 Å². The van der Waals surface area contributed by atoms with Crippen LogP contribution < -0.4 is 0 Å². The van der Waals surface area contributed by atoms with Gasteiger partial charge in [0.05, 0.1) is 0 Å². The van der Waals surface area contributed by atoms with Gasteiger partial charge in [0.15, 0.2) is 12.1 Å². The summed E-state index contributed by atoms with van der Waals surface area (Å²) in [7, 11) is 0. The van der Waals surface area contributed by atoms with Gasteiger partial charge < -0.3 is 0 Å². The van der Waals surface area contributed by atoms with E-state index in [1.54, 1.807) is 0 Å². The van der Waals surface area contributed by atoms with Crippen LogP contribution in [-0.4, -0.2) is 21.2 Å². The topological polar surface area (TPSA) is 55.7 Å². The molecule has 1 aromatic rings. The van der Waals surface area contributed by atoms with Gasteiger partial charge in [0.1, 0.15) is 12.7 Å². The number of nitrogens with zero attached hydrogens (tertiary/aromatic N) is 3. The lowest BCUT2D eigenvalue weighted by Gasteiger charge is -1.80. The fraction of sp³-hybridized carbons (Fsp3) is 0. The molecule has 1 aromatic heterocycles. The van der Waals surface area contributed by atoms with E-state index in [2.05, 4.69) is 15.0 Å². The first-order valence-corrected chi connectivity index (χ1v) is 2.00. The van der Waals surface area contributed by atoms with Gasteiger partial charge in [0.25, 0.3) is 0 Å². The van der Waals surface area contributed by atoms with E-state index in [4.69, 9.17) is 0 Å². The molecule has 0 spiro atoms. The van der Waals surface area contributed by atoms with Crippen LogP contribution >= 0.6 is 12.4 Å². The van der Waals surface area contributed by atoms with Gasteiger partial charge in [-0.15, -0.1) is 12.4 Å². The molecule has 0 aliphatic heterocycles. The van der Waals surface area contributed by atoms with Crippen molar-refractivity contribution in [1.29, 1.82) is 0 Å². The summed E-state index contributed by atoms with van der Waals surface area (Å²) in [6, 6.07) is 0. The quantitative estimate of drug-likeness (QED) is 0.527. The molecule has 0 atom stereocenters. The Bertz CT molecular complexity index is 178. The summed E-state index contributed by atoms with van der Waals surface area (Å²) in [5.74, 6) is 0.167. The summed E-state index contributed by atoms with van der Waals surface area (Å²) < 4.78 is 0. The molecule has 1 heterocycles. The summed E-state index contributed by atoms with van der Waals surface area (Å²) in [6.45, 7) is 0. The second-order valence-corrected chi connectivity index (χ2v) is 1.11. The molecule has 4 nitrogen and oxygen atoms in total. The van der Waals surface area contributed by atoms with Gasteiger partial charge in [-0.25, -0.2) is 15.0 Å². The predicted octanol–water partition coefficient (Wildman–Crippen LogP) is 0.106. The highest BCUT2D eigenvalue weighted by atomic mass is 35.5. The molecule has 0 aliphatic carbocycles. The molecular weight excluding hydrogens is 142 g/mol. The standard InChI is InChI=1S/C4H3N3O.ClH/c8-1-4-6-2-5-3-7-4;/h1-3H;1H. The van der Waals surface area contributed by atoms with Gasteiger partial charge in [-0.05, 0) is 0 Å². The van der Waals surface area contributed by atoms with Crippen molar-refractivity contribution in [2.75, 3.05) is 0 Å². The monoisotopic (exact) mass is 145 g/mol. The highest BCUT2D eigenvalue weighted by Gasteiger charge is 1.84. The maximum absolute atomic E-state index is 9.85. The van der Waals surface area contributed by atoms with E-state index < -0.39 is 0 Å². The smallest absolute Gasteiger partial charge is 0.195 e. The fourth-order valence-corrected chi connectivity index (χ4v) is 0.309. The third-order valence-corrected chi connectivity index (χ3v) is 0.619. The summed E-state index contributed by atoms with van der Waals surface area (Å²) in [5.41, 5.74) is 0. The van der Waals surface area contributed by atoms with Crippen LogP contribution in [0.25, 0.3) is 0 Å². The number of halogens is 1. The van der Waals surface area contributed by atoms with Gasteiger partial charge in [-0.3, -0.25) is 4.79 Å². The number of rotatable bonds is 1. The number of hydrogen-bond acceptors (Lipinski definition) is 4. The van der Waals surface area contributed by atoms with Crippen LogP contribution in [0.1, 0.15) is 10.6 Å².